The van der Waals surface area contributed by atoms with Gasteiger partial charge in [0, 0.05) is 25.8 Å². The summed E-state index contributed by atoms with van der Waals surface area (Å²) in [6, 6.07) is 10.1. The first kappa shape index (κ1) is 16.5. The van der Waals surface area contributed by atoms with E-state index in [-0.39, 0.29) is 6.09 Å². The van der Waals surface area contributed by atoms with Gasteiger partial charge in [0.25, 0.3) is 0 Å². The number of aliphatic imine (C=N–C) groups is 1. The molecular weight excluding hydrogens is 276 g/mol. The van der Waals surface area contributed by atoms with Crippen LogP contribution in [0.1, 0.15) is 39.2 Å². The Morgan fingerprint density at radius 1 is 1.36 bits per heavy atom. The summed E-state index contributed by atoms with van der Waals surface area (Å²) < 4.78 is 5.45. The highest BCUT2D eigenvalue weighted by Crippen LogP contribution is 2.19. The van der Waals surface area contributed by atoms with E-state index in [1.807, 2.05) is 62.2 Å². The van der Waals surface area contributed by atoms with Gasteiger partial charge in [-0.25, -0.2) is 4.79 Å². The normalized spacial score (nSPS) is 19.4. The second kappa shape index (κ2) is 7.43. The largest absolute Gasteiger partial charge is 0.444 e. The zero-order chi connectivity index (χ0) is 16.0. The molecule has 1 aromatic carbocycles. The Morgan fingerprint density at radius 3 is 2.77 bits per heavy atom. The molecule has 1 aliphatic heterocycles. The van der Waals surface area contributed by atoms with Crippen molar-refractivity contribution >= 4 is 12.3 Å². The number of carbonyl (C=O) groups excluding carboxylic acids is 1. The number of piperidine rings is 1. The van der Waals surface area contributed by atoms with Gasteiger partial charge < -0.3 is 9.64 Å². The summed E-state index contributed by atoms with van der Waals surface area (Å²) in [6.07, 6.45) is 3.84. The zero-order valence-corrected chi connectivity index (χ0v) is 13.8. The number of benzene rings is 1. The molecule has 0 unspecified atom stereocenters. The highest BCUT2D eigenvalue weighted by atomic mass is 16.6. The molecule has 120 valence electrons. The lowest BCUT2D eigenvalue weighted by Gasteiger charge is -2.33. The number of ether oxygens (including phenoxy) is 1. The number of rotatable bonds is 3. The van der Waals surface area contributed by atoms with Crippen molar-refractivity contribution in [1.82, 2.24) is 4.90 Å². The van der Waals surface area contributed by atoms with Crippen LogP contribution in [0, 0.1) is 5.92 Å². The van der Waals surface area contributed by atoms with Gasteiger partial charge in [-0.3, -0.25) is 4.99 Å². The fourth-order valence-electron chi connectivity index (χ4n) is 2.55. The van der Waals surface area contributed by atoms with Gasteiger partial charge in [-0.15, -0.1) is 0 Å². The maximum Gasteiger partial charge on any atom is 0.410 e. The molecular formula is C18H26N2O2. The summed E-state index contributed by atoms with van der Waals surface area (Å²) in [6.45, 7) is 7.98. The van der Waals surface area contributed by atoms with Gasteiger partial charge in [-0.05, 0) is 45.1 Å². The van der Waals surface area contributed by atoms with Crippen molar-refractivity contribution < 1.29 is 9.53 Å². The zero-order valence-electron chi connectivity index (χ0n) is 13.8. The van der Waals surface area contributed by atoms with Crippen LogP contribution in [0.15, 0.2) is 35.3 Å². The second-order valence-electron chi connectivity index (χ2n) is 6.84. The number of hydrogen-bond acceptors (Lipinski definition) is 3. The van der Waals surface area contributed by atoms with Crippen LogP contribution in [0.4, 0.5) is 4.79 Å². The fraction of sp³-hybridized carbons (Fsp3) is 0.556. The van der Waals surface area contributed by atoms with Gasteiger partial charge >= 0.3 is 6.09 Å². The van der Waals surface area contributed by atoms with Gasteiger partial charge in [-0.1, -0.05) is 30.3 Å². The Kier molecular flexibility index (Phi) is 5.58. The minimum absolute atomic E-state index is 0.204. The van der Waals surface area contributed by atoms with Crippen LogP contribution >= 0.6 is 0 Å². The first-order valence-corrected chi connectivity index (χ1v) is 7.97. The predicted molar refractivity (Wildman–Crippen MR) is 89.4 cm³/mol. The smallest absolute Gasteiger partial charge is 0.410 e. The monoisotopic (exact) mass is 302 g/mol. The van der Waals surface area contributed by atoms with Crippen molar-refractivity contribution in [3.8, 4) is 0 Å². The summed E-state index contributed by atoms with van der Waals surface area (Å²) in [5, 5.41) is 0. The third kappa shape index (κ3) is 5.51. The minimum Gasteiger partial charge on any atom is -0.444 e. The highest BCUT2D eigenvalue weighted by Gasteiger charge is 2.27. The van der Waals surface area contributed by atoms with Crippen LogP contribution < -0.4 is 0 Å². The summed E-state index contributed by atoms with van der Waals surface area (Å²) in [5.41, 5.74) is 0.678. The Hall–Kier alpha value is -1.84. The quantitative estimate of drug-likeness (QED) is 0.798. The van der Waals surface area contributed by atoms with E-state index in [0.29, 0.717) is 5.92 Å². The molecule has 0 N–H and O–H groups in total. The molecule has 1 fully saturated rings. The second-order valence-corrected chi connectivity index (χ2v) is 6.84. The number of nitrogens with zero attached hydrogens (tertiary/aromatic N) is 2. The number of amides is 1. The molecule has 1 aromatic rings. The van der Waals surface area contributed by atoms with E-state index in [0.717, 1.165) is 38.0 Å². The van der Waals surface area contributed by atoms with Crippen molar-refractivity contribution in [3.05, 3.63) is 35.9 Å². The summed E-state index contributed by atoms with van der Waals surface area (Å²) in [4.78, 5) is 18.5. The van der Waals surface area contributed by atoms with Gasteiger partial charge in [0.2, 0.25) is 0 Å². The molecule has 0 aliphatic carbocycles. The van der Waals surface area contributed by atoms with Crippen LogP contribution in [0.5, 0.6) is 0 Å². The van der Waals surface area contributed by atoms with Crippen molar-refractivity contribution in [1.29, 1.82) is 0 Å². The molecule has 1 atom stereocenters. The molecule has 1 heterocycles. The lowest BCUT2D eigenvalue weighted by Crippen LogP contribution is -2.43. The van der Waals surface area contributed by atoms with Crippen LogP contribution in [-0.2, 0) is 4.74 Å². The molecule has 0 aromatic heterocycles. The molecule has 0 saturated carbocycles. The average molecular weight is 302 g/mol. The first-order chi connectivity index (χ1) is 10.4. The Balaban J connectivity index is 1.83. The highest BCUT2D eigenvalue weighted by molar-refractivity contribution is 5.79. The summed E-state index contributed by atoms with van der Waals surface area (Å²) >= 11 is 0. The van der Waals surface area contributed by atoms with Gasteiger partial charge in [0.1, 0.15) is 5.60 Å². The molecule has 0 radical (unpaired) electrons. The third-order valence-electron chi connectivity index (χ3n) is 3.57. The molecule has 1 saturated heterocycles. The molecule has 0 spiro atoms. The maximum absolute atomic E-state index is 12.1. The van der Waals surface area contributed by atoms with E-state index < -0.39 is 5.60 Å². The predicted octanol–water partition coefficient (Wildman–Crippen LogP) is 3.75. The maximum atomic E-state index is 12.1. The number of likely N-dealkylation sites (tertiary alicyclic amines) is 1. The molecule has 1 aliphatic rings. The molecule has 1 amide bonds. The minimum atomic E-state index is -0.435. The van der Waals surface area contributed by atoms with E-state index >= 15 is 0 Å². The van der Waals surface area contributed by atoms with Crippen LogP contribution in [0.25, 0.3) is 0 Å². The first-order valence-electron chi connectivity index (χ1n) is 7.97. The average Bonchev–Trinajstić information content (AvgIpc) is 2.47. The van der Waals surface area contributed by atoms with Crippen molar-refractivity contribution in [3.63, 3.8) is 0 Å². The molecule has 2 rings (SSSR count). The SMILES string of the molecule is CC(C)(C)OC(=O)N1CCC[C@H](CN=Cc2ccccc2)C1. The molecule has 4 nitrogen and oxygen atoms in total. The van der Waals surface area contributed by atoms with Gasteiger partial charge in [0.15, 0.2) is 0 Å². The number of hydrogen-bond donors (Lipinski definition) is 0. The van der Waals surface area contributed by atoms with E-state index in [4.69, 9.17) is 4.74 Å². The van der Waals surface area contributed by atoms with E-state index in [2.05, 4.69) is 4.99 Å². The third-order valence-corrected chi connectivity index (χ3v) is 3.57. The van der Waals surface area contributed by atoms with Gasteiger partial charge in [-0.2, -0.15) is 0 Å². The van der Waals surface area contributed by atoms with E-state index in [1.54, 1.807) is 0 Å². The van der Waals surface area contributed by atoms with Crippen LogP contribution in [0.2, 0.25) is 0 Å². The van der Waals surface area contributed by atoms with Gasteiger partial charge in [0.05, 0.1) is 0 Å². The van der Waals surface area contributed by atoms with Crippen molar-refractivity contribution in [2.45, 2.75) is 39.2 Å². The van der Waals surface area contributed by atoms with Crippen molar-refractivity contribution in [2.24, 2.45) is 10.9 Å². The topological polar surface area (TPSA) is 41.9 Å². The van der Waals surface area contributed by atoms with Crippen LogP contribution in [0.3, 0.4) is 0 Å². The standard InChI is InChI=1S/C18H26N2O2/c1-18(2,3)22-17(21)20-11-7-10-16(14-20)13-19-12-15-8-5-4-6-9-15/h4-6,8-9,12,16H,7,10-11,13-14H2,1-3H3/t16-/m1/s1. The summed E-state index contributed by atoms with van der Waals surface area (Å²) in [5.74, 6) is 0.418. The Bertz CT molecular complexity index is 506. The molecule has 22 heavy (non-hydrogen) atoms. The molecule has 4 heteroatoms. The Morgan fingerprint density at radius 2 is 2.09 bits per heavy atom. The van der Waals surface area contributed by atoms with Crippen molar-refractivity contribution in [2.75, 3.05) is 19.6 Å². The van der Waals surface area contributed by atoms with E-state index in [9.17, 15) is 4.79 Å². The molecule has 0 bridgehead atoms. The van der Waals surface area contributed by atoms with Crippen LogP contribution in [-0.4, -0.2) is 42.4 Å². The lowest BCUT2D eigenvalue weighted by atomic mass is 9.98. The fourth-order valence-corrected chi connectivity index (χ4v) is 2.55. The van der Waals surface area contributed by atoms with E-state index in [1.165, 1.54) is 0 Å². The Labute approximate surface area is 133 Å². The summed E-state index contributed by atoms with van der Waals surface area (Å²) in [7, 11) is 0. The lowest BCUT2D eigenvalue weighted by molar-refractivity contribution is 0.0171. The number of carbonyl (C=O) groups is 1.